The number of imidazole rings is 1. The molecule has 5 nitrogen and oxygen atoms in total. The maximum Gasteiger partial charge on any atom is 0.223 e. The lowest BCUT2D eigenvalue weighted by Crippen LogP contribution is -2.24. The van der Waals surface area contributed by atoms with Crippen molar-refractivity contribution in [2.75, 3.05) is 13.2 Å². The molecular weight excluding hydrogens is 410 g/mol. The Morgan fingerprint density at radius 2 is 1.73 bits per heavy atom. The first-order valence-corrected chi connectivity index (χ1v) is 11.6. The van der Waals surface area contributed by atoms with Crippen molar-refractivity contribution < 1.29 is 9.53 Å². The van der Waals surface area contributed by atoms with E-state index in [0.29, 0.717) is 26.1 Å². The fourth-order valence-corrected chi connectivity index (χ4v) is 4.59. The van der Waals surface area contributed by atoms with E-state index < -0.39 is 0 Å². The van der Waals surface area contributed by atoms with Crippen molar-refractivity contribution >= 4 is 16.9 Å². The first-order valence-electron chi connectivity index (χ1n) is 11.6. The summed E-state index contributed by atoms with van der Waals surface area (Å²) in [5, 5.41) is 0. The highest BCUT2D eigenvalue weighted by Gasteiger charge is 2.33. The Kier molecular flexibility index (Phi) is 6.11. The highest BCUT2D eigenvalue weighted by Crippen LogP contribution is 2.31. The summed E-state index contributed by atoms with van der Waals surface area (Å²) >= 11 is 0. The van der Waals surface area contributed by atoms with Crippen molar-refractivity contribution in [3.05, 3.63) is 95.8 Å². The van der Waals surface area contributed by atoms with Crippen LogP contribution >= 0.6 is 0 Å². The van der Waals surface area contributed by atoms with Crippen LogP contribution in [-0.2, 0) is 17.9 Å². The zero-order chi connectivity index (χ0) is 22.6. The van der Waals surface area contributed by atoms with E-state index in [4.69, 9.17) is 9.72 Å². The molecule has 0 aliphatic carbocycles. The molecule has 3 aromatic carbocycles. The standard InChI is InChI=1S/C28H29N3O2/c1-21-12-14-24(15-13-21)33-17-7-16-31-26-11-6-5-10-25(26)29-28(31)23-18-27(32)30(20-23)19-22-8-3-2-4-9-22/h2-6,8-15,23H,7,16-20H2,1H3/t23-/m1/s1. The average molecular weight is 440 g/mol. The van der Waals surface area contributed by atoms with Gasteiger partial charge in [0.15, 0.2) is 0 Å². The van der Waals surface area contributed by atoms with Gasteiger partial charge in [-0.1, -0.05) is 60.2 Å². The summed E-state index contributed by atoms with van der Waals surface area (Å²) in [6, 6.07) is 26.6. The van der Waals surface area contributed by atoms with Crippen molar-refractivity contribution in [2.45, 2.75) is 38.8 Å². The van der Waals surface area contributed by atoms with Gasteiger partial charge in [0.1, 0.15) is 11.6 Å². The monoisotopic (exact) mass is 439 g/mol. The Morgan fingerprint density at radius 3 is 2.55 bits per heavy atom. The molecular formula is C28H29N3O2. The highest BCUT2D eigenvalue weighted by molar-refractivity contribution is 5.81. The van der Waals surface area contributed by atoms with Crippen LogP contribution in [0.2, 0.25) is 0 Å². The Labute approximate surface area is 194 Å². The molecule has 0 radical (unpaired) electrons. The van der Waals surface area contributed by atoms with Crippen molar-refractivity contribution in [2.24, 2.45) is 0 Å². The SMILES string of the molecule is Cc1ccc(OCCCn2c([C@@H]3CC(=O)N(Cc4ccccc4)C3)nc3ccccc32)cc1. The molecule has 5 heteroatoms. The normalized spacial score (nSPS) is 16.0. The first-order chi connectivity index (χ1) is 16.2. The van der Waals surface area contributed by atoms with Crippen LogP contribution in [0.4, 0.5) is 0 Å². The molecule has 1 atom stereocenters. The minimum absolute atomic E-state index is 0.103. The third-order valence-electron chi connectivity index (χ3n) is 6.30. The molecule has 4 aromatic rings. The predicted molar refractivity (Wildman–Crippen MR) is 130 cm³/mol. The van der Waals surface area contributed by atoms with Crippen molar-refractivity contribution in [1.82, 2.24) is 14.5 Å². The van der Waals surface area contributed by atoms with Crippen LogP contribution in [0.1, 0.15) is 35.7 Å². The van der Waals surface area contributed by atoms with Gasteiger partial charge < -0.3 is 14.2 Å². The van der Waals surface area contributed by atoms with Gasteiger partial charge in [0.05, 0.1) is 17.6 Å². The maximum atomic E-state index is 12.8. The van der Waals surface area contributed by atoms with Gasteiger partial charge in [0.25, 0.3) is 0 Å². The lowest BCUT2D eigenvalue weighted by Gasteiger charge is -2.17. The first kappa shape index (κ1) is 21.3. The van der Waals surface area contributed by atoms with Gasteiger partial charge in [-0.15, -0.1) is 0 Å². The van der Waals surface area contributed by atoms with Gasteiger partial charge >= 0.3 is 0 Å². The van der Waals surface area contributed by atoms with E-state index in [1.165, 1.54) is 5.56 Å². The van der Waals surface area contributed by atoms with E-state index in [9.17, 15) is 4.79 Å². The minimum Gasteiger partial charge on any atom is -0.494 e. The third kappa shape index (κ3) is 4.77. The van der Waals surface area contributed by atoms with Crippen LogP contribution in [0.5, 0.6) is 5.75 Å². The molecule has 0 N–H and O–H groups in total. The zero-order valence-corrected chi connectivity index (χ0v) is 19.0. The van der Waals surface area contributed by atoms with Crippen LogP contribution in [0.15, 0.2) is 78.9 Å². The van der Waals surface area contributed by atoms with Crippen LogP contribution in [0, 0.1) is 6.92 Å². The van der Waals surface area contributed by atoms with Crippen LogP contribution in [0.3, 0.4) is 0 Å². The van der Waals surface area contributed by atoms with Gasteiger partial charge in [0, 0.05) is 32.0 Å². The van der Waals surface area contributed by atoms with Gasteiger partial charge in [0.2, 0.25) is 5.91 Å². The van der Waals surface area contributed by atoms with E-state index in [1.807, 2.05) is 41.3 Å². The van der Waals surface area contributed by atoms with Crippen LogP contribution in [-0.4, -0.2) is 33.5 Å². The molecule has 1 fully saturated rings. The van der Waals surface area contributed by atoms with Crippen LogP contribution < -0.4 is 4.74 Å². The van der Waals surface area contributed by atoms with E-state index >= 15 is 0 Å². The third-order valence-corrected chi connectivity index (χ3v) is 6.30. The number of benzene rings is 3. The number of aryl methyl sites for hydroxylation is 2. The van der Waals surface area contributed by atoms with Gasteiger partial charge in [-0.3, -0.25) is 4.79 Å². The Morgan fingerprint density at radius 1 is 0.970 bits per heavy atom. The highest BCUT2D eigenvalue weighted by atomic mass is 16.5. The van der Waals surface area contributed by atoms with E-state index in [0.717, 1.165) is 41.1 Å². The van der Waals surface area contributed by atoms with E-state index in [1.54, 1.807) is 0 Å². The summed E-state index contributed by atoms with van der Waals surface area (Å²) in [5.74, 6) is 2.21. The Balaban J connectivity index is 1.30. The molecule has 1 aromatic heterocycles. The number of carbonyl (C=O) groups excluding carboxylic acids is 1. The molecule has 0 spiro atoms. The Hall–Kier alpha value is -3.60. The van der Waals surface area contributed by atoms with Crippen molar-refractivity contribution in [3.8, 4) is 5.75 Å². The van der Waals surface area contributed by atoms with E-state index in [2.05, 4.69) is 54.0 Å². The number of hydrogen-bond acceptors (Lipinski definition) is 3. The van der Waals surface area contributed by atoms with Gasteiger partial charge in [-0.25, -0.2) is 4.98 Å². The number of rotatable bonds is 8. The number of para-hydroxylation sites is 2. The summed E-state index contributed by atoms with van der Waals surface area (Å²) in [6.45, 7) is 4.88. The molecule has 0 bridgehead atoms. The fraction of sp³-hybridized carbons (Fsp3) is 0.286. The smallest absolute Gasteiger partial charge is 0.223 e. The van der Waals surface area contributed by atoms with Gasteiger partial charge in [-0.2, -0.15) is 0 Å². The molecule has 33 heavy (non-hydrogen) atoms. The number of hydrogen-bond donors (Lipinski definition) is 0. The zero-order valence-electron chi connectivity index (χ0n) is 19.0. The number of ether oxygens (including phenoxy) is 1. The lowest BCUT2D eigenvalue weighted by atomic mass is 10.1. The Bertz CT molecular complexity index is 1230. The number of likely N-dealkylation sites (tertiary alicyclic amines) is 1. The summed E-state index contributed by atoms with van der Waals surface area (Å²) in [6.07, 6.45) is 1.38. The number of aromatic nitrogens is 2. The molecule has 2 heterocycles. The number of carbonyl (C=O) groups is 1. The summed E-state index contributed by atoms with van der Waals surface area (Å²) in [5.41, 5.74) is 4.50. The van der Waals surface area contributed by atoms with Crippen LogP contribution in [0.25, 0.3) is 11.0 Å². The van der Waals surface area contributed by atoms with Crippen molar-refractivity contribution in [1.29, 1.82) is 0 Å². The quantitative estimate of drug-likeness (QED) is 0.349. The minimum atomic E-state index is 0.103. The lowest BCUT2D eigenvalue weighted by molar-refractivity contribution is -0.128. The molecule has 5 rings (SSSR count). The molecule has 0 saturated carbocycles. The molecule has 1 aliphatic heterocycles. The molecule has 1 saturated heterocycles. The maximum absolute atomic E-state index is 12.8. The largest absolute Gasteiger partial charge is 0.494 e. The second-order valence-electron chi connectivity index (χ2n) is 8.79. The number of nitrogens with zero attached hydrogens (tertiary/aromatic N) is 3. The summed E-state index contributed by atoms with van der Waals surface area (Å²) < 4.78 is 8.23. The fourth-order valence-electron chi connectivity index (χ4n) is 4.59. The molecule has 1 aliphatic rings. The number of fused-ring (bicyclic) bond motifs is 1. The second-order valence-corrected chi connectivity index (χ2v) is 8.79. The van der Waals surface area contributed by atoms with E-state index in [-0.39, 0.29) is 11.8 Å². The summed E-state index contributed by atoms with van der Waals surface area (Å²) in [7, 11) is 0. The predicted octanol–water partition coefficient (Wildman–Crippen LogP) is 5.33. The summed E-state index contributed by atoms with van der Waals surface area (Å²) in [4.78, 5) is 19.7. The molecule has 0 unspecified atom stereocenters. The molecule has 1 amide bonds. The average Bonchev–Trinajstić information content (AvgIpc) is 3.39. The number of amides is 1. The topological polar surface area (TPSA) is 47.4 Å². The second kappa shape index (κ2) is 9.49. The van der Waals surface area contributed by atoms with Crippen molar-refractivity contribution in [3.63, 3.8) is 0 Å². The molecule has 168 valence electrons. The van der Waals surface area contributed by atoms with Gasteiger partial charge in [-0.05, 0) is 43.2 Å².